The molecule has 0 atom stereocenters. The summed E-state index contributed by atoms with van der Waals surface area (Å²) in [5, 5.41) is 11.8. The zero-order valence-corrected chi connectivity index (χ0v) is 13.3. The number of hydrogen-bond acceptors (Lipinski definition) is 6. The molecule has 0 aliphatic heterocycles. The Kier molecular flexibility index (Phi) is 4.53. The highest BCUT2D eigenvalue weighted by atomic mass is 32.2. The fraction of sp³-hybridized carbons (Fsp3) is 0.333. The zero-order chi connectivity index (χ0) is 15.4. The van der Waals surface area contributed by atoms with Gasteiger partial charge in [-0.05, 0) is 5.56 Å². The molecular weight excluding hydrogens is 298 g/mol. The molecule has 3 rings (SSSR count). The summed E-state index contributed by atoms with van der Waals surface area (Å²) < 4.78 is 5.18. The molecule has 22 heavy (non-hydrogen) atoms. The SMILES string of the molecule is CC(C)c1nc(CSc2n[nH]c(Cc3ccccc3)n2)no1. The molecule has 0 radical (unpaired) electrons. The Balaban J connectivity index is 1.57. The third-order valence-electron chi connectivity index (χ3n) is 3.03. The number of H-pyrrole nitrogens is 1. The molecule has 3 aromatic rings. The fourth-order valence-electron chi connectivity index (χ4n) is 1.90. The summed E-state index contributed by atoms with van der Waals surface area (Å²) in [5.74, 6) is 3.02. The van der Waals surface area contributed by atoms with Gasteiger partial charge in [0, 0.05) is 12.3 Å². The summed E-state index contributed by atoms with van der Waals surface area (Å²) in [6.45, 7) is 4.05. The standard InChI is InChI=1S/C15H17N5OS/c1-10(2)14-16-13(20-21-14)9-22-15-17-12(18-19-15)8-11-6-4-3-5-7-11/h3-7,10H,8-9H2,1-2H3,(H,17,18,19). The molecule has 0 spiro atoms. The van der Waals surface area contributed by atoms with Gasteiger partial charge in [0.25, 0.3) is 0 Å². The van der Waals surface area contributed by atoms with E-state index < -0.39 is 0 Å². The van der Waals surface area contributed by atoms with E-state index in [9.17, 15) is 0 Å². The Labute approximate surface area is 132 Å². The molecule has 0 amide bonds. The number of rotatable bonds is 6. The first-order chi connectivity index (χ1) is 10.7. The number of nitrogens with one attached hydrogen (secondary N) is 1. The predicted molar refractivity (Wildman–Crippen MR) is 83.6 cm³/mol. The molecule has 0 aliphatic carbocycles. The first kappa shape index (κ1) is 14.8. The number of hydrogen-bond donors (Lipinski definition) is 1. The maximum atomic E-state index is 5.18. The van der Waals surface area contributed by atoms with Crippen LogP contribution in [0.25, 0.3) is 0 Å². The van der Waals surface area contributed by atoms with Crippen molar-refractivity contribution in [1.82, 2.24) is 25.3 Å². The van der Waals surface area contributed by atoms with E-state index in [0.29, 0.717) is 22.6 Å². The third kappa shape index (κ3) is 3.73. The van der Waals surface area contributed by atoms with Gasteiger partial charge in [-0.15, -0.1) is 5.10 Å². The summed E-state index contributed by atoms with van der Waals surface area (Å²) in [6, 6.07) is 10.2. The van der Waals surface area contributed by atoms with E-state index in [1.807, 2.05) is 32.0 Å². The lowest BCUT2D eigenvalue weighted by Crippen LogP contribution is -1.90. The first-order valence-corrected chi connectivity index (χ1v) is 8.10. The van der Waals surface area contributed by atoms with Crippen LogP contribution in [0.2, 0.25) is 0 Å². The predicted octanol–water partition coefficient (Wildman–Crippen LogP) is 3.19. The average molecular weight is 315 g/mol. The summed E-state index contributed by atoms with van der Waals surface area (Å²) >= 11 is 1.49. The fourth-order valence-corrected chi connectivity index (χ4v) is 2.56. The normalized spacial score (nSPS) is 11.2. The van der Waals surface area contributed by atoms with E-state index in [0.717, 1.165) is 12.2 Å². The average Bonchev–Trinajstić information content (AvgIpc) is 3.15. The van der Waals surface area contributed by atoms with Crippen molar-refractivity contribution in [3.05, 3.63) is 53.4 Å². The van der Waals surface area contributed by atoms with Crippen molar-refractivity contribution < 1.29 is 4.52 Å². The Morgan fingerprint density at radius 1 is 1.18 bits per heavy atom. The van der Waals surface area contributed by atoms with E-state index in [1.54, 1.807) is 0 Å². The van der Waals surface area contributed by atoms with E-state index in [1.165, 1.54) is 17.3 Å². The van der Waals surface area contributed by atoms with Crippen molar-refractivity contribution in [2.24, 2.45) is 0 Å². The van der Waals surface area contributed by atoms with E-state index in [4.69, 9.17) is 4.52 Å². The zero-order valence-electron chi connectivity index (χ0n) is 12.5. The number of benzene rings is 1. The van der Waals surface area contributed by atoms with Crippen molar-refractivity contribution in [3.63, 3.8) is 0 Å². The van der Waals surface area contributed by atoms with Crippen LogP contribution >= 0.6 is 11.8 Å². The topological polar surface area (TPSA) is 80.5 Å². The number of thioether (sulfide) groups is 1. The second kappa shape index (κ2) is 6.74. The summed E-state index contributed by atoms with van der Waals surface area (Å²) in [5.41, 5.74) is 1.20. The summed E-state index contributed by atoms with van der Waals surface area (Å²) in [6.07, 6.45) is 0.744. The largest absolute Gasteiger partial charge is 0.339 e. The smallest absolute Gasteiger partial charge is 0.229 e. The van der Waals surface area contributed by atoms with Crippen LogP contribution in [0.1, 0.15) is 42.9 Å². The number of aromatic nitrogens is 5. The monoisotopic (exact) mass is 315 g/mol. The van der Waals surface area contributed by atoms with Crippen molar-refractivity contribution in [2.45, 2.75) is 37.1 Å². The molecular formula is C15H17N5OS. The van der Waals surface area contributed by atoms with Crippen LogP contribution in [-0.2, 0) is 12.2 Å². The molecule has 2 heterocycles. The minimum atomic E-state index is 0.243. The molecule has 0 fully saturated rings. The van der Waals surface area contributed by atoms with Crippen LogP contribution in [0, 0.1) is 0 Å². The van der Waals surface area contributed by atoms with Crippen LogP contribution in [0.5, 0.6) is 0 Å². The molecule has 6 nitrogen and oxygen atoms in total. The second-order valence-corrected chi connectivity index (χ2v) is 6.16. The van der Waals surface area contributed by atoms with Gasteiger partial charge in [0.15, 0.2) is 5.82 Å². The molecule has 114 valence electrons. The first-order valence-electron chi connectivity index (χ1n) is 7.11. The van der Waals surface area contributed by atoms with Gasteiger partial charge in [-0.3, -0.25) is 5.10 Å². The van der Waals surface area contributed by atoms with Crippen LogP contribution in [0.3, 0.4) is 0 Å². The van der Waals surface area contributed by atoms with Gasteiger partial charge in [-0.1, -0.05) is 61.1 Å². The highest BCUT2D eigenvalue weighted by Gasteiger charge is 2.11. The summed E-state index contributed by atoms with van der Waals surface area (Å²) in [4.78, 5) is 8.81. The minimum Gasteiger partial charge on any atom is -0.339 e. The van der Waals surface area contributed by atoms with Crippen LogP contribution < -0.4 is 0 Å². The Hall–Kier alpha value is -2.15. The van der Waals surface area contributed by atoms with Gasteiger partial charge >= 0.3 is 0 Å². The maximum Gasteiger partial charge on any atom is 0.229 e. The molecule has 0 saturated heterocycles. The van der Waals surface area contributed by atoms with Gasteiger partial charge in [0.2, 0.25) is 11.0 Å². The minimum absolute atomic E-state index is 0.243. The second-order valence-electron chi connectivity index (χ2n) is 5.22. The Morgan fingerprint density at radius 3 is 2.73 bits per heavy atom. The van der Waals surface area contributed by atoms with Crippen LogP contribution in [-0.4, -0.2) is 25.3 Å². The molecule has 1 aromatic carbocycles. The van der Waals surface area contributed by atoms with Crippen molar-refractivity contribution in [2.75, 3.05) is 0 Å². The highest BCUT2D eigenvalue weighted by Crippen LogP contribution is 2.19. The van der Waals surface area contributed by atoms with E-state index in [-0.39, 0.29) is 5.92 Å². The number of aromatic amines is 1. The molecule has 0 saturated carbocycles. The molecule has 2 aromatic heterocycles. The summed E-state index contributed by atoms with van der Waals surface area (Å²) in [7, 11) is 0. The van der Waals surface area contributed by atoms with Crippen LogP contribution in [0.4, 0.5) is 0 Å². The maximum absolute atomic E-state index is 5.18. The lowest BCUT2D eigenvalue weighted by molar-refractivity contribution is 0.362. The van der Waals surface area contributed by atoms with Crippen LogP contribution in [0.15, 0.2) is 40.0 Å². The molecule has 0 bridgehead atoms. The lowest BCUT2D eigenvalue weighted by Gasteiger charge is -1.95. The Bertz CT molecular complexity index is 722. The lowest BCUT2D eigenvalue weighted by atomic mass is 10.1. The van der Waals surface area contributed by atoms with E-state index >= 15 is 0 Å². The quantitative estimate of drug-likeness (QED) is 0.704. The van der Waals surface area contributed by atoms with Gasteiger partial charge < -0.3 is 4.52 Å². The van der Waals surface area contributed by atoms with Crippen molar-refractivity contribution in [1.29, 1.82) is 0 Å². The third-order valence-corrected chi connectivity index (χ3v) is 3.88. The molecule has 0 unspecified atom stereocenters. The van der Waals surface area contributed by atoms with Gasteiger partial charge in [-0.25, -0.2) is 4.98 Å². The van der Waals surface area contributed by atoms with E-state index in [2.05, 4.69) is 37.5 Å². The van der Waals surface area contributed by atoms with Crippen molar-refractivity contribution >= 4 is 11.8 Å². The molecule has 1 N–H and O–H groups in total. The molecule has 7 heteroatoms. The number of nitrogens with zero attached hydrogens (tertiary/aromatic N) is 4. The Morgan fingerprint density at radius 2 is 2.00 bits per heavy atom. The van der Waals surface area contributed by atoms with Crippen molar-refractivity contribution in [3.8, 4) is 0 Å². The van der Waals surface area contributed by atoms with Gasteiger partial charge in [0.05, 0.1) is 5.75 Å². The van der Waals surface area contributed by atoms with Gasteiger partial charge in [-0.2, -0.15) is 4.98 Å². The van der Waals surface area contributed by atoms with Gasteiger partial charge in [0.1, 0.15) is 5.82 Å². The molecule has 0 aliphatic rings. The highest BCUT2D eigenvalue weighted by molar-refractivity contribution is 7.98.